The first-order valence-electron chi connectivity index (χ1n) is 8.09. The Morgan fingerprint density at radius 3 is 2.22 bits per heavy atom. The lowest BCUT2D eigenvalue weighted by Gasteiger charge is -2.19. The van der Waals surface area contributed by atoms with Crippen LogP contribution in [0.1, 0.15) is 28.4 Å². The molecule has 8 heteroatoms. The van der Waals surface area contributed by atoms with Crippen molar-refractivity contribution < 1.29 is 27.9 Å². The van der Waals surface area contributed by atoms with Crippen LogP contribution >= 0.6 is 0 Å². The predicted molar refractivity (Wildman–Crippen MR) is 92.4 cm³/mol. The highest BCUT2D eigenvalue weighted by molar-refractivity contribution is 5.89. The molecule has 0 spiro atoms. The number of hydrogen-bond donors (Lipinski definition) is 3. The van der Waals surface area contributed by atoms with Crippen molar-refractivity contribution in [1.29, 1.82) is 0 Å². The number of aliphatic hydroxyl groups is 1. The van der Waals surface area contributed by atoms with Crippen LogP contribution in [0.2, 0.25) is 0 Å². The molecule has 27 heavy (non-hydrogen) atoms. The van der Waals surface area contributed by atoms with E-state index in [4.69, 9.17) is 5.73 Å². The average molecular weight is 380 g/mol. The Bertz CT molecular complexity index is 820. The molecule has 144 valence electrons. The third-order valence-electron chi connectivity index (χ3n) is 4.15. The molecule has 0 bridgehead atoms. The summed E-state index contributed by atoms with van der Waals surface area (Å²) in [7, 11) is 0. The standard InChI is InChI=1S/C19H19F3N2O3/c1-11-4-2-3-5-13(11)10-15(17(23)26)24-18(27)16(25)12-6-8-14(9-7-12)19(20,21)22/h2-9,15-16,25H,10H2,1H3,(H2,23,26)(H,24,27)/t15-,16+/m1/s1. The van der Waals surface area contributed by atoms with E-state index in [1.165, 1.54) is 0 Å². The van der Waals surface area contributed by atoms with Crippen LogP contribution in [0, 0.1) is 6.92 Å². The van der Waals surface area contributed by atoms with E-state index in [9.17, 15) is 27.9 Å². The van der Waals surface area contributed by atoms with Gasteiger partial charge in [0.2, 0.25) is 5.91 Å². The van der Waals surface area contributed by atoms with E-state index in [1.807, 2.05) is 19.1 Å². The molecule has 2 aromatic carbocycles. The molecule has 0 heterocycles. The van der Waals surface area contributed by atoms with Crippen LogP contribution in [-0.4, -0.2) is 23.0 Å². The van der Waals surface area contributed by atoms with Gasteiger partial charge >= 0.3 is 6.18 Å². The van der Waals surface area contributed by atoms with Crippen LogP contribution in [0.25, 0.3) is 0 Å². The zero-order chi connectivity index (χ0) is 20.2. The second-order valence-corrected chi connectivity index (χ2v) is 6.12. The van der Waals surface area contributed by atoms with Crippen molar-refractivity contribution in [2.45, 2.75) is 31.7 Å². The van der Waals surface area contributed by atoms with E-state index in [-0.39, 0.29) is 12.0 Å². The van der Waals surface area contributed by atoms with Crippen molar-refractivity contribution in [1.82, 2.24) is 5.32 Å². The highest BCUT2D eigenvalue weighted by atomic mass is 19.4. The molecular formula is C19H19F3N2O3. The molecule has 0 fully saturated rings. The summed E-state index contributed by atoms with van der Waals surface area (Å²) in [5.74, 6) is -1.71. The van der Waals surface area contributed by atoms with Gasteiger partial charge in [-0.05, 0) is 35.7 Å². The van der Waals surface area contributed by atoms with Gasteiger partial charge in [-0.15, -0.1) is 0 Å². The van der Waals surface area contributed by atoms with E-state index in [1.54, 1.807) is 12.1 Å². The minimum absolute atomic E-state index is 0.0281. The van der Waals surface area contributed by atoms with E-state index in [0.717, 1.165) is 35.4 Å². The number of hydrogen-bond acceptors (Lipinski definition) is 3. The van der Waals surface area contributed by atoms with E-state index in [0.29, 0.717) is 0 Å². The number of nitrogens with one attached hydrogen (secondary N) is 1. The number of aliphatic hydroxyl groups excluding tert-OH is 1. The first-order valence-corrected chi connectivity index (χ1v) is 8.09. The fourth-order valence-corrected chi connectivity index (χ4v) is 2.54. The van der Waals surface area contributed by atoms with Crippen molar-refractivity contribution >= 4 is 11.8 Å². The largest absolute Gasteiger partial charge is 0.416 e. The first kappa shape index (κ1) is 20.4. The maximum absolute atomic E-state index is 12.6. The maximum Gasteiger partial charge on any atom is 0.416 e. The van der Waals surface area contributed by atoms with E-state index < -0.39 is 35.7 Å². The zero-order valence-corrected chi connectivity index (χ0v) is 14.5. The van der Waals surface area contributed by atoms with Crippen LogP contribution in [0.5, 0.6) is 0 Å². The lowest BCUT2D eigenvalue weighted by molar-refractivity contribution is -0.137. The van der Waals surface area contributed by atoms with E-state index in [2.05, 4.69) is 5.32 Å². The molecular weight excluding hydrogens is 361 g/mol. The van der Waals surface area contributed by atoms with Crippen LogP contribution < -0.4 is 11.1 Å². The fourth-order valence-electron chi connectivity index (χ4n) is 2.54. The Hall–Kier alpha value is -2.87. The summed E-state index contributed by atoms with van der Waals surface area (Å²) in [4.78, 5) is 23.9. The number of halogens is 3. The number of benzene rings is 2. The summed E-state index contributed by atoms with van der Waals surface area (Å²) in [6.07, 6.45) is -6.12. The summed E-state index contributed by atoms with van der Waals surface area (Å²) in [5, 5.41) is 12.4. The number of aryl methyl sites for hydroxylation is 1. The molecule has 0 aliphatic carbocycles. The minimum atomic E-state index is -4.52. The molecule has 0 saturated carbocycles. The summed E-state index contributed by atoms with van der Waals surface area (Å²) in [6, 6.07) is 9.71. The lowest BCUT2D eigenvalue weighted by atomic mass is 10.00. The highest BCUT2D eigenvalue weighted by Gasteiger charge is 2.31. The molecule has 0 radical (unpaired) electrons. The molecule has 2 aromatic rings. The quantitative estimate of drug-likeness (QED) is 0.718. The normalized spacial score (nSPS) is 13.7. The minimum Gasteiger partial charge on any atom is -0.378 e. The Morgan fingerprint density at radius 2 is 1.70 bits per heavy atom. The van der Waals surface area contributed by atoms with Crippen molar-refractivity contribution in [3.8, 4) is 0 Å². The number of carbonyl (C=O) groups excluding carboxylic acids is 2. The first-order chi connectivity index (χ1) is 12.6. The molecule has 5 nitrogen and oxygen atoms in total. The third kappa shape index (κ3) is 5.30. The van der Waals surface area contributed by atoms with Crippen molar-refractivity contribution in [2.24, 2.45) is 5.73 Å². The average Bonchev–Trinajstić information content (AvgIpc) is 2.61. The molecule has 0 unspecified atom stereocenters. The summed E-state index contributed by atoms with van der Waals surface area (Å²) in [6.45, 7) is 1.84. The van der Waals surface area contributed by atoms with E-state index >= 15 is 0 Å². The number of nitrogens with two attached hydrogens (primary N) is 1. The summed E-state index contributed by atoms with van der Waals surface area (Å²) >= 11 is 0. The summed E-state index contributed by atoms with van der Waals surface area (Å²) in [5.41, 5.74) is 6.11. The van der Waals surface area contributed by atoms with Crippen LogP contribution in [0.15, 0.2) is 48.5 Å². The number of primary amides is 1. The smallest absolute Gasteiger partial charge is 0.378 e. The van der Waals surface area contributed by atoms with Gasteiger partial charge in [0.15, 0.2) is 6.10 Å². The van der Waals surface area contributed by atoms with Gasteiger partial charge in [0.1, 0.15) is 6.04 Å². The van der Waals surface area contributed by atoms with Crippen LogP contribution in [0.4, 0.5) is 13.2 Å². The Labute approximate surface area is 154 Å². The Morgan fingerprint density at radius 1 is 1.11 bits per heavy atom. The third-order valence-corrected chi connectivity index (χ3v) is 4.15. The van der Waals surface area contributed by atoms with Gasteiger partial charge in [-0.25, -0.2) is 0 Å². The Balaban J connectivity index is 2.10. The van der Waals surface area contributed by atoms with Gasteiger partial charge in [0.05, 0.1) is 5.56 Å². The molecule has 0 aliphatic rings. The monoisotopic (exact) mass is 380 g/mol. The molecule has 2 atom stereocenters. The zero-order valence-electron chi connectivity index (χ0n) is 14.5. The SMILES string of the molecule is Cc1ccccc1C[C@@H](NC(=O)[C@@H](O)c1ccc(C(F)(F)F)cc1)C(N)=O. The summed E-state index contributed by atoms with van der Waals surface area (Å²) < 4.78 is 37.8. The predicted octanol–water partition coefficient (Wildman–Crippen LogP) is 2.26. The fraction of sp³-hybridized carbons (Fsp3) is 0.263. The maximum atomic E-state index is 12.6. The number of carbonyl (C=O) groups is 2. The number of amides is 2. The molecule has 0 aliphatic heterocycles. The van der Waals surface area contributed by atoms with Crippen LogP contribution in [-0.2, 0) is 22.2 Å². The van der Waals surface area contributed by atoms with Crippen LogP contribution in [0.3, 0.4) is 0 Å². The number of alkyl halides is 3. The van der Waals surface area contributed by atoms with Crippen molar-refractivity contribution in [2.75, 3.05) is 0 Å². The Kier molecular flexibility index (Phi) is 6.22. The van der Waals surface area contributed by atoms with Gasteiger partial charge in [0, 0.05) is 6.42 Å². The number of rotatable bonds is 6. The second-order valence-electron chi connectivity index (χ2n) is 6.12. The van der Waals surface area contributed by atoms with Gasteiger partial charge in [-0.3, -0.25) is 9.59 Å². The molecule has 0 aromatic heterocycles. The van der Waals surface area contributed by atoms with Crippen molar-refractivity contribution in [3.05, 3.63) is 70.8 Å². The van der Waals surface area contributed by atoms with Gasteiger partial charge in [-0.1, -0.05) is 36.4 Å². The molecule has 4 N–H and O–H groups in total. The molecule has 2 rings (SSSR count). The topological polar surface area (TPSA) is 92.4 Å². The van der Waals surface area contributed by atoms with Gasteiger partial charge in [0.25, 0.3) is 5.91 Å². The van der Waals surface area contributed by atoms with Gasteiger partial charge < -0.3 is 16.2 Å². The molecule has 2 amide bonds. The highest BCUT2D eigenvalue weighted by Crippen LogP contribution is 2.30. The molecule has 0 saturated heterocycles. The van der Waals surface area contributed by atoms with Gasteiger partial charge in [-0.2, -0.15) is 13.2 Å². The second kappa shape index (κ2) is 8.22. The lowest BCUT2D eigenvalue weighted by Crippen LogP contribution is -2.47. The van der Waals surface area contributed by atoms with Crippen molar-refractivity contribution in [3.63, 3.8) is 0 Å².